The van der Waals surface area contributed by atoms with E-state index >= 15 is 0 Å². The maximum Gasteiger partial charge on any atom is 0.255 e. The molecular formula is C22H21N3O3. The lowest BCUT2D eigenvalue weighted by atomic mass is 10.1. The highest BCUT2D eigenvalue weighted by atomic mass is 16.7. The summed E-state index contributed by atoms with van der Waals surface area (Å²) in [5.74, 6) is 0.812. The van der Waals surface area contributed by atoms with Crippen LogP contribution < -0.4 is 14.8 Å². The summed E-state index contributed by atoms with van der Waals surface area (Å²) in [6.07, 6.45) is 7.72. The van der Waals surface area contributed by atoms with E-state index in [1.54, 1.807) is 6.20 Å². The van der Waals surface area contributed by atoms with Gasteiger partial charge in [0.25, 0.3) is 11.7 Å². The Hall–Kier alpha value is -3.28. The van der Waals surface area contributed by atoms with Crippen LogP contribution in [0.1, 0.15) is 41.6 Å². The average Bonchev–Trinajstić information content (AvgIpc) is 3.44. The third kappa shape index (κ3) is 3.22. The molecule has 28 heavy (non-hydrogen) atoms. The number of aromatic nitrogens is 2. The largest absolute Gasteiger partial charge is 0.448 e. The first kappa shape index (κ1) is 16.9. The van der Waals surface area contributed by atoms with Crippen molar-refractivity contribution in [2.45, 2.75) is 38.0 Å². The van der Waals surface area contributed by atoms with E-state index in [2.05, 4.69) is 10.4 Å². The van der Waals surface area contributed by atoms with E-state index in [0.29, 0.717) is 23.5 Å². The predicted molar refractivity (Wildman–Crippen MR) is 105 cm³/mol. The molecule has 6 nitrogen and oxygen atoms in total. The van der Waals surface area contributed by atoms with Crippen LogP contribution in [0.5, 0.6) is 11.5 Å². The number of benzene rings is 2. The molecule has 1 fully saturated rings. The minimum absolute atomic E-state index is 0.153. The Morgan fingerprint density at radius 2 is 1.86 bits per heavy atom. The first-order chi connectivity index (χ1) is 13.7. The van der Waals surface area contributed by atoms with Crippen LogP contribution in [0, 0.1) is 0 Å². The Morgan fingerprint density at radius 3 is 2.61 bits per heavy atom. The highest BCUT2D eigenvalue weighted by molar-refractivity contribution is 6.04. The van der Waals surface area contributed by atoms with Crippen molar-refractivity contribution in [3.8, 4) is 11.5 Å². The third-order valence-corrected chi connectivity index (χ3v) is 5.28. The number of fused-ring (bicyclic) bond motifs is 1. The van der Waals surface area contributed by atoms with Gasteiger partial charge in [0.1, 0.15) is 0 Å². The van der Waals surface area contributed by atoms with E-state index < -0.39 is 5.79 Å². The van der Waals surface area contributed by atoms with Crippen molar-refractivity contribution in [2.75, 3.05) is 5.32 Å². The van der Waals surface area contributed by atoms with Crippen LogP contribution in [0.4, 0.5) is 5.69 Å². The van der Waals surface area contributed by atoms with Gasteiger partial charge in [-0.2, -0.15) is 5.10 Å². The predicted octanol–water partition coefficient (Wildman–Crippen LogP) is 4.23. The normalized spacial score (nSPS) is 16.4. The fourth-order valence-corrected chi connectivity index (χ4v) is 3.84. The molecule has 1 saturated carbocycles. The van der Waals surface area contributed by atoms with E-state index in [1.165, 1.54) is 0 Å². The van der Waals surface area contributed by atoms with Crippen LogP contribution in [-0.2, 0) is 6.54 Å². The molecule has 2 heterocycles. The van der Waals surface area contributed by atoms with Gasteiger partial charge < -0.3 is 14.8 Å². The molecule has 2 aliphatic rings. The molecule has 0 atom stereocenters. The summed E-state index contributed by atoms with van der Waals surface area (Å²) in [4.78, 5) is 12.6. The Morgan fingerprint density at radius 1 is 1.07 bits per heavy atom. The minimum atomic E-state index is -0.491. The first-order valence-electron chi connectivity index (χ1n) is 9.59. The molecule has 0 radical (unpaired) electrons. The summed E-state index contributed by atoms with van der Waals surface area (Å²) in [6.45, 7) is 0.679. The number of nitrogens with zero attached hydrogens (tertiary/aromatic N) is 2. The van der Waals surface area contributed by atoms with Crippen molar-refractivity contribution >= 4 is 11.6 Å². The molecule has 1 N–H and O–H groups in total. The fourth-order valence-electron chi connectivity index (χ4n) is 3.84. The molecule has 142 valence electrons. The number of hydrogen-bond donors (Lipinski definition) is 1. The highest BCUT2D eigenvalue weighted by Crippen LogP contribution is 2.47. The third-order valence-electron chi connectivity index (χ3n) is 5.28. The number of carbonyl (C=O) groups is 1. The van der Waals surface area contributed by atoms with Gasteiger partial charge in [0, 0.05) is 42.6 Å². The molecule has 0 bridgehead atoms. The molecule has 1 aliphatic carbocycles. The molecule has 6 heteroatoms. The Bertz CT molecular complexity index is 990. The van der Waals surface area contributed by atoms with Crippen LogP contribution in [0.25, 0.3) is 0 Å². The summed E-state index contributed by atoms with van der Waals surface area (Å²) in [5.41, 5.74) is 2.39. The quantitative estimate of drug-likeness (QED) is 0.741. The molecule has 1 amide bonds. The lowest BCUT2D eigenvalue weighted by molar-refractivity contribution is -0.0716. The van der Waals surface area contributed by atoms with Crippen molar-refractivity contribution in [1.82, 2.24) is 9.78 Å². The van der Waals surface area contributed by atoms with Gasteiger partial charge >= 0.3 is 0 Å². The topological polar surface area (TPSA) is 65.4 Å². The van der Waals surface area contributed by atoms with Gasteiger partial charge in [0.2, 0.25) is 0 Å². The minimum Gasteiger partial charge on any atom is -0.448 e. The van der Waals surface area contributed by atoms with Crippen LogP contribution in [0.2, 0.25) is 0 Å². The number of ether oxygens (including phenoxy) is 2. The van der Waals surface area contributed by atoms with Gasteiger partial charge in [-0.1, -0.05) is 12.1 Å². The number of amides is 1. The van der Waals surface area contributed by atoms with E-state index in [0.717, 1.165) is 37.0 Å². The van der Waals surface area contributed by atoms with E-state index in [-0.39, 0.29) is 5.91 Å². The lowest BCUT2D eigenvalue weighted by Gasteiger charge is -2.21. The van der Waals surface area contributed by atoms with Crippen LogP contribution in [0.3, 0.4) is 0 Å². The van der Waals surface area contributed by atoms with Crippen LogP contribution in [-0.4, -0.2) is 21.5 Å². The molecule has 1 aliphatic heterocycles. The van der Waals surface area contributed by atoms with Gasteiger partial charge in [0.15, 0.2) is 11.5 Å². The number of nitrogens with one attached hydrogen (secondary N) is 1. The Labute approximate surface area is 163 Å². The number of carbonyl (C=O) groups excluding carboxylic acids is 1. The first-order valence-corrected chi connectivity index (χ1v) is 9.59. The Balaban J connectivity index is 1.26. The summed E-state index contributed by atoms with van der Waals surface area (Å²) in [6, 6.07) is 15.0. The average molecular weight is 375 g/mol. The van der Waals surface area contributed by atoms with Gasteiger partial charge in [-0.05, 0) is 48.7 Å². The van der Waals surface area contributed by atoms with E-state index in [9.17, 15) is 4.79 Å². The van der Waals surface area contributed by atoms with Crippen LogP contribution >= 0.6 is 0 Å². The van der Waals surface area contributed by atoms with E-state index in [1.807, 2.05) is 59.4 Å². The van der Waals surface area contributed by atoms with Gasteiger partial charge in [-0.15, -0.1) is 0 Å². The zero-order valence-electron chi connectivity index (χ0n) is 15.4. The lowest BCUT2D eigenvalue weighted by Crippen LogP contribution is -2.34. The number of anilines is 1. The maximum absolute atomic E-state index is 12.6. The van der Waals surface area contributed by atoms with Gasteiger partial charge in [-0.25, -0.2) is 0 Å². The highest BCUT2D eigenvalue weighted by Gasteiger charge is 2.44. The molecule has 1 aromatic heterocycles. The van der Waals surface area contributed by atoms with E-state index in [4.69, 9.17) is 9.47 Å². The van der Waals surface area contributed by atoms with Crippen molar-refractivity contribution in [3.05, 3.63) is 72.1 Å². The maximum atomic E-state index is 12.6. The summed E-state index contributed by atoms with van der Waals surface area (Å²) < 4.78 is 13.9. The zero-order valence-corrected chi connectivity index (χ0v) is 15.4. The van der Waals surface area contributed by atoms with Crippen molar-refractivity contribution in [3.63, 3.8) is 0 Å². The summed E-state index contributed by atoms with van der Waals surface area (Å²) in [7, 11) is 0. The molecule has 0 unspecified atom stereocenters. The van der Waals surface area contributed by atoms with Crippen molar-refractivity contribution in [1.29, 1.82) is 0 Å². The molecule has 1 spiro atoms. The molecule has 5 rings (SSSR count). The fraction of sp³-hybridized carbons (Fsp3) is 0.273. The second-order valence-corrected chi connectivity index (χ2v) is 7.34. The summed E-state index contributed by atoms with van der Waals surface area (Å²) >= 11 is 0. The number of hydrogen-bond acceptors (Lipinski definition) is 4. The molecular weight excluding hydrogens is 354 g/mol. The van der Waals surface area contributed by atoms with Crippen molar-refractivity contribution < 1.29 is 14.3 Å². The zero-order chi connectivity index (χ0) is 19.0. The SMILES string of the molecule is O=C(Nc1ccc2c(c1)OC1(CCCC1)O2)c1ccc(Cn2cccn2)cc1. The Kier molecular flexibility index (Phi) is 4.04. The standard InChI is InChI=1S/C22H21N3O3/c26-21(17-6-4-16(5-7-17)15-25-13-3-12-23-25)24-18-8-9-19-20(14-18)28-22(27-19)10-1-2-11-22/h3-9,12-14H,1-2,10-11,15H2,(H,24,26). The molecule has 3 aromatic rings. The number of rotatable bonds is 4. The molecule has 0 saturated heterocycles. The summed E-state index contributed by atoms with van der Waals surface area (Å²) in [5, 5.41) is 7.13. The van der Waals surface area contributed by atoms with Crippen molar-refractivity contribution in [2.24, 2.45) is 0 Å². The molecule has 2 aromatic carbocycles. The smallest absolute Gasteiger partial charge is 0.255 e. The second kappa shape index (κ2) is 6.71. The van der Waals surface area contributed by atoms with Gasteiger partial charge in [-0.3, -0.25) is 9.48 Å². The second-order valence-electron chi connectivity index (χ2n) is 7.34. The van der Waals surface area contributed by atoms with Crippen LogP contribution in [0.15, 0.2) is 60.9 Å². The monoisotopic (exact) mass is 375 g/mol. The van der Waals surface area contributed by atoms with Gasteiger partial charge in [0.05, 0.1) is 6.54 Å².